The van der Waals surface area contributed by atoms with Gasteiger partial charge in [0.2, 0.25) is 11.8 Å². The van der Waals surface area contributed by atoms with Crippen LogP contribution in [0.2, 0.25) is 0 Å². The van der Waals surface area contributed by atoms with Gasteiger partial charge in [0.15, 0.2) is 5.82 Å². The van der Waals surface area contributed by atoms with Crippen LogP contribution in [0.1, 0.15) is 6.42 Å². The number of hydrogen-bond donors (Lipinski definition) is 3. The summed E-state index contributed by atoms with van der Waals surface area (Å²) in [6.45, 7) is 0. The van der Waals surface area contributed by atoms with Crippen molar-refractivity contribution in [2.75, 3.05) is 5.32 Å². The Morgan fingerprint density at radius 1 is 1.41 bits per heavy atom. The lowest BCUT2D eigenvalue weighted by atomic mass is 10.1. The fourth-order valence-electron chi connectivity index (χ4n) is 1.75. The lowest BCUT2D eigenvalue weighted by Gasteiger charge is -2.11. The highest BCUT2D eigenvalue weighted by Crippen LogP contribution is 2.19. The third kappa shape index (κ3) is 4.24. The van der Waals surface area contributed by atoms with E-state index in [2.05, 4.69) is 20.8 Å². The topological polar surface area (TPSA) is 142 Å². The summed E-state index contributed by atoms with van der Waals surface area (Å²) >= 11 is 0. The fourth-order valence-corrected chi connectivity index (χ4v) is 1.75. The summed E-state index contributed by atoms with van der Waals surface area (Å²) in [5.41, 5.74) is 11.8. The van der Waals surface area contributed by atoms with Crippen LogP contribution in [0.3, 0.4) is 0 Å². The number of anilines is 1. The number of tetrazole rings is 1. The molecule has 0 aliphatic carbocycles. The zero-order valence-corrected chi connectivity index (χ0v) is 12.6. The molecule has 0 spiro atoms. The molecule has 2 amide bonds. The van der Waals surface area contributed by atoms with Gasteiger partial charge in [-0.15, -0.1) is 17.5 Å². The van der Waals surface area contributed by atoms with Crippen molar-refractivity contribution in [3.05, 3.63) is 24.3 Å². The third-order valence-corrected chi connectivity index (χ3v) is 2.77. The molecule has 22 heavy (non-hydrogen) atoms. The molecule has 1 heterocycles. The monoisotopic (exact) mass is 325 g/mol. The minimum absolute atomic E-state index is 0. The first-order chi connectivity index (χ1) is 9.97. The molecule has 2 aromatic rings. The number of carbonyl (C=O) groups excluding carboxylic acids is 2. The number of amides is 2. The lowest BCUT2D eigenvalue weighted by Crippen LogP contribution is -2.38. The highest BCUT2D eigenvalue weighted by molar-refractivity contribution is 5.97. The van der Waals surface area contributed by atoms with Crippen LogP contribution in [0.5, 0.6) is 0 Å². The first-order valence-electron chi connectivity index (χ1n) is 6.15. The Morgan fingerprint density at radius 3 is 2.73 bits per heavy atom. The maximum absolute atomic E-state index is 11.8. The Balaban J connectivity index is 0.00000242. The zero-order chi connectivity index (χ0) is 15.4. The van der Waals surface area contributed by atoms with E-state index in [0.29, 0.717) is 11.5 Å². The first-order valence-corrected chi connectivity index (χ1v) is 6.15. The van der Waals surface area contributed by atoms with Crippen molar-refractivity contribution in [2.24, 2.45) is 18.5 Å². The largest absolute Gasteiger partial charge is 0.370 e. The minimum atomic E-state index is -0.984. The molecular formula is C12H16ClN7O2. The van der Waals surface area contributed by atoms with E-state index in [1.165, 1.54) is 4.68 Å². The highest BCUT2D eigenvalue weighted by Gasteiger charge is 2.16. The summed E-state index contributed by atoms with van der Waals surface area (Å²) in [5, 5.41) is 13.8. The van der Waals surface area contributed by atoms with Crippen LogP contribution >= 0.6 is 12.4 Å². The molecule has 1 atom stereocenters. The van der Waals surface area contributed by atoms with Gasteiger partial charge in [0.1, 0.15) is 0 Å². The van der Waals surface area contributed by atoms with Gasteiger partial charge in [0.25, 0.3) is 0 Å². The summed E-state index contributed by atoms with van der Waals surface area (Å²) in [6.07, 6.45) is -0.210. The van der Waals surface area contributed by atoms with E-state index in [-0.39, 0.29) is 18.8 Å². The van der Waals surface area contributed by atoms with Crippen molar-refractivity contribution in [1.29, 1.82) is 0 Å². The standard InChI is InChI=1S/C12H15N7O2.ClH/c1-19-11(16-17-18-19)7-3-2-4-8(5-7)15-12(21)9(13)6-10(14)20;/h2-5,9H,6,13H2,1H3,(H2,14,20)(H,15,21);1H. The molecule has 5 N–H and O–H groups in total. The SMILES string of the molecule is Cl.Cn1nnnc1-c1cccc(NC(=O)C(N)CC(N)=O)c1. The Morgan fingerprint density at radius 2 is 2.14 bits per heavy atom. The molecule has 1 aromatic heterocycles. The van der Waals surface area contributed by atoms with Crippen LogP contribution in [0.15, 0.2) is 24.3 Å². The van der Waals surface area contributed by atoms with Gasteiger partial charge in [-0.2, -0.15) is 0 Å². The summed E-state index contributed by atoms with van der Waals surface area (Å²) in [7, 11) is 1.71. The summed E-state index contributed by atoms with van der Waals surface area (Å²) in [6, 6.07) is 5.98. The molecule has 10 heteroatoms. The quantitative estimate of drug-likeness (QED) is 0.672. The van der Waals surface area contributed by atoms with Crippen LogP contribution in [-0.4, -0.2) is 38.1 Å². The Hall–Kier alpha value is -2.52. The normalized spacial score (nSPS) is 11.4. The van der Waals surface area contributed by atoms with Crippen LogP contribution in [0.25, 0.3) is 11.4 Å². The molecule has 0 radical (unpaired) electrons. The van der Waals surface area contributed by atoms with E-state index in [0.717, 1.165) is 5.56 Å². The van der Waals surface area contributed by atoms with Gasteiger partial charge in [-0.25, -0.2) is 4.68 Å². The van der Waals surface area contributed by atoms with E-state index in [1.54, 1.807) is 25.2 Å². The number of primary amides is 1. The Bertz CT molecular complexity index is 673. The summed E-state index contributed by atoms with van der Waals surface area (Å²) < 4.78 is 1.51. The fraction of sp³-hybridized carbons (Fsp3) is 0.250. The molecule has 0 saturated carbocycles. The highest BCUT2D eigenvalue weighted by atomic mass is 35.5. The van der Waals surface area contributed by atoms with Gasteiger partial charge in [-0.05, 0) is 22.6 Å². The molecular weight excluding hydrogens is 310 g/mol. The number of halogens is 1. The van der Waals surface area contributed by atoms with Crippen molar-refractivity contribution in [3.8, 4) is 11.4 Å². The van der Waals surface area contributed by atoms with Gasteiger partial charge in [-0.1, -0.05) is 12.1 Å². The van der Waals surface area contributed by atoms with Crippen LogP contribution in [0.4, 0.5) is 5.69 Å². The lowest BCUT2D eigenvalue weighted by molar-refractivity contribution is -0.123. The molecule has 9 nitrogen and oxygen atoms in total. The second kappa shape index (κ2) is 7.48. The first kappa shape index (κ1) is 17.5. The number of benzene rings is 1. The van der Waals surface area contributed by atoms with E-state index in [9.17, 15) is 9.59 Å². The van der Waals surface area contributed by atoms with E-state index in [4.69, 9.17) is 11.5 Å². The van der Waals surface area contributed by atoms with Crippen molar-refractivity contribution >= 4 is 29.9 Å². The Labute approximate surface area is 132 Å². The number of aromatic nitrogens is 4. The maximum Gasteiger partial charge on any atom is 0.241 e. The number of hydrogen-bond acceptors (Lipinski definition) is 6. The third-order valence-electron chi connectivity index (χ3n) is 2.77. The molecule has 118 valence electrons. The molecule has 0 saturated heterocycles. The zero-order valence-electron chi connectivity index (χ0n) is 11.8. The van der Waals surface area contributed by atoms with Crippen molar-refractivity contribution in [2.45, 2.75) is 12.5 Å². The molecule has 2 rings (SSSR count). The van der Waals surface area contributed by atoms with Gasteiger partial charge in [0, 0.05) is 18.3 Å². The van der Waals surface area contributed by atoms with Gasteiger partial charge >= 0.3 is 0 Å². The maximum atomic E-state index is 11.8. The number of rotatable bonds is 5. The second-order valence-corrected chi connectivity index (χ2v) is 4.47. The number of nitrogens with zero attached hydrogens (tertiary/aromatic N) is 4. The minimum Gasteiger partial charge on any atom is -0.370 e. The Kier molecular flexibility index (Phi) is 5.96. The van der Waals surface area contributed by atoms with Gasteiger partial charge in [-0.3, -0.25) is 9.59 Å². The second-order valence-electron chi connectivity index (χ2n) is 4.47. The van der Waals surface area contributed by atoms with E-state index < -0.39 is 17.9 Å². The van der Waals surface area contributed by atoms with Gasteiger partial charge in [0.05, 0.1) is 12.5 Å². The van der Waals surface area contributed by atoms with Crippen molar-refractivity contribution in [3.63, 3.8) is 0 Å². The molecule has 1 aromatic carbocycles. The molecule has 1 unspecified atom stereocenters. The van der Waals surface area contributed by atoms with Crippen molar-refractivity contribution < 1.29 is 9.59 Å². The predicted octanol–water partition coefficient (Wildman–Crippen LogP) is -0.560. The molecule has 0 aliphatic heterocycles. The number of nitrogens with one attached hydrogen (secondary N) is 1. The number of aryl methyl sites for hydroxylation is 1. The van der Waals surface area contributed by atoms with Crippen LogP contribution in [0, 0.1) is 0 Å². The molecule has 0 fully saturated rings. The van der Waals surface area contributed by atoms with Crippen LogP contribution < -0.4 is 16.8 Å². The van der Waals surface area contributed by atoms with Gasteiger partial charge < -0.3 is 16.8 Å². The smallest absolute Gasteiger partial charge is 0.241 e. The summed E-state index contributed by atoms with van der Waals surface area (Å²) in [5.74, 6) is -0.550. The van der Waals surface area contributed by atoms with E-state index >= 15 is 0 Å². The molecule has 0 aliphatic rings. The van der Waals surface area contributed by atoms with Crippen LogP contribution in [-0.2, 0) is 16.6 Å². The van der Waals surface area contributed by atoms with Crippen molar-refractivity contribution in [1.82, 2.24) is 20.2 Å². The summed E-state index contributed by atoms with van der Waals surface area (Å²) in [4.78, 5) is 22.6. The average molecular weight is 326 g/mol. The van der Waals surface area contributed by atoms with E-state index in [1.807, 2.05) is 6.07 Å². The predicted molar refractivity (Wildman–Crippen MR) is 81.9 cm³/mol. The molecule has 0 bridgehead atoms. The number of nitrogens with two attached hydrogens (primary N) is 2. The number of carbonyl (C=O) groups is 2. The average Bonchev–Trinajstić information content (AvgIpc) is 2.84.